The minimum atomic E-state index is 0.429. The Morgan fingerprint density at radius 3 is 3.00 bits per heavy atom. The van der Waals surface area contributed by atoms with Gasteiger partial charge in [0.15, 0.2) is 5.82 Å². The summed E-state index contributed by atoms with van der Waals surface area (Å²) in [5, 5.41) is 7.01. The summed E-state index contributed by atoms with van der Waals surface area (Å²) in [6.07, 6.45) is 2.57. The van der Waals surface area contributed by atoms with Gasteiger partial charge in [-0.2, -0.15) is 5.10 Å². The Morgan fingerprint density at radius 2 is 2.33 bits per heavy atom. The predicted molar refractivity (Wildman–Crippen MR) is 56.9 cm³/mol. The highest BCUT2D eigenvalue weighted by molar-refractivity contribution is 5.54. The average Bonchev–Trinajstić information content (AvgIpc) is 2.78. The van der Waals surface area contributed by atoms with E-state index in [0.717, 1.165) is 23.5 Å². The Bertz CT molecular complexity index is 449. The van der Waals surface area contributed by atoms with Crippen LogP contribution in [0, 0.1) is 0 Å². The molecule has 0 saturated carbocycles. The van der Waals surface area contributed by atoms with Gasteiger partial charge in [-0.1, -0.05) is 6.92 Å². The molecule has 5 heteroatoms. The zero-order valence-corrected chi connectivity index (χ0v) is 8.57. The quantitative estimate of drug-likeness (QED) is 0.776. The molecule has 0 bridgehead atoms. The first-order valence-corrected chi connectivity index (χ1v) is 4.90. The van der Waals surface area contributed by atoms with E-state index in [1.165, 1.54) is 0 Å². The third-order valence-corrected chi connectivity index (χ3v) is 2.15. The molecule has 78 valence electrons. The molecule has 0 spiro atoms. The van der Waals surface area contributed by atoms with Crippen LogP contribution in [0.1, 0.15) is 18.4 Å². The van der Waals surface area contributed by atoms with E-state index in [1.54, 1.807) is 6.20 Å². The summed E-state index contributed by atoms with van der Waals surface area (Å²) in [6.45, 7) is 2.46. The van der Waals surface area contributed by atoms with Gasteiger partial charge in [0.2, 0.25) is 0 Å². The van der Waals surface area contributed by atoms with E-state index < -0.39 is 0 Å². The number of hydrogen-bond acceptors (Lipinski definition) is 4. The summed E-state index contributed by atoms with van der Waals surface area (Å²) < 4.78 is 0. The monoisotopic (exact) mass is 203 g/mol. The van der Waals surface area contributed by atoms with Gasteiger partial charge in [-0.05, 0) is 12.1 Å². The molecule has 0 unspecified atom stereocenters. The van der Waals surface area contributed by atoms with Crippen molar-refractivity contribution in [2.75, 3.05) is 0 Å². The molecule has 2 rings (SSSR count). The Balaban J connectivity index is 2.35. The number of nitrogens with one attached hydrogen (secondary N) is 1. The van der Waals surface area contributed by atoms with Gasteiger partial charge in [0, 0.05) is 24.7 Å². The number of rotatable bonds is 3. The lowest BCUT2D eigenvalue weighted by molar-refractivity contribution is 0.946. The Kier molecular flexibility index (Phi) is 2.73. The second-order valence-corrected chi connectivity index (χ2v) is 3.20. The lowest BCUT2D eigenvalue weighted by atomic mass is 10.2. The molecular formula is C10H13N5. The van der Waals surface area contributed by atoms with Crippen LogP contribution in [0.5, 0.6) is 0 Å². The first-order chi connectivity index (χ1) is 7.33. The summed E-state index contributed by atoms with van der Waals surface area (Å²) >= 11 is 0. The topological polar surface area (TPSA) is 80.5 Å². The number of nitrogens with zero attached hydrogens (tertiary/aromatic N) is 3. The fourth-order valence-electron chi connectivity index (χ4n) is 1.31. The Labute approximate surface area is 87.8 Å². The predicted octanol–water partition coefficient (Wildman–Crippen LogP) is 0.888. The molecule has 15 heavy (non-hydrogen) atoms. The zero-order valence-electron chi connectivity index (χ0n) is 8.57. The fraction of sp³-hybridized carbons (Fsp3) is 0.300. The Morgan fingerprint density at radius 1 is 1.47 bits per heavy atom. The van der Waals surface area contributed by atoms with Crippen molar-refractivity contribution in [1.82, 2.24) is 20.2 Å². The highest BCUT2D eigenvalue weighted by Gasteiger charge is 2.05. The maximum atomic E-state index is 5.52. The van der Waals surface area contributed by atoms with Gasteiger partial charge in [-0.25, -0.2) is 4.98 Å². The van der Waals surface area contributed by atoms with Gasteiger partial charge < -0.3 is 5.73 Å². The third kappa shape index (κ3) is 2.02. The van der Waals surface area contributed by atoms with Crippen molar-refractivity contribution in [3.8, 4) is 11.4 Å². The molecule has 3 N–H and O–H groups in total. The highest BCUT2D eigenvalue weighted by Crippen LogP contribution is 2.14. The van der Waals surface area contributed by atoms with Gasteiger partial charge in [0.25, 0.3) is 0 Å². The number of nitrogens with two attached hydrogens (primary N) is 1. The van der Waals surface area contributed by atoms with Crippen LogP contribution in [0.2, 0.25) is 0 Å². The number of aromatic amines is 1. The molecule has 2 aromatic heterocycles. The first-order valence-electron chi connectivity index (χ1n) is 4.90. The van der Waals surface area contributed by atoms with E-state index in [-0.39, 0.29) is 0 Å². The van der Waals surface area contributed by atoms with Gasteiger partial charge in [0.1, 0.15) is 5.82 Å². The van der Waals surface area contributed by atoms with Crippen molar-refractivity contribution in [2.45, 2.75) is 19.9 Å². The van der Waals surface area contributed by atoms with Crippen molar-refractivity contribution in [3.63, 3.8) is 0 Å². The molecule has 0 amide bonds. The second kappa shape index (κ2) is 4.18. The second-order valence-electron chi connectivity index (χ2n) is 3.20. The van der Waals surface area contributed by atoms with Gasteiger partial charge in [-0.3, -0.25) is 10.1 Å². The molecule has 0 saturated heterocycles. The largest absolute Gasteiger partial charge is 0.325 e. The molecule has 2 aromatic rings. The van der Waals surface area contributed by atoms with Crippen LogP contribution < -0.4 is 5.73 Å². The minimum Gasteiger partial charge on any atom is -0.325 e. The van der Waals surface area contributed by atoms with Crippen molar-refractivity contribution in [2.24, 2.45) is 5.73 Å². The molecule has 0 radical (unpaired) electrons. The van der Waals surface area contributed by atoms with Gasteiger partial charge in [-0.15, -0.1) is 0 Å². The molecule has 0 aliphatic rings. The summed E-state index contributed by atoms with van der Waals surface area (Å²) in [6, 6.07) is 3.78. The van der Waals surface area contributed by atoms with E-state index in [1.807, 2.05) is 19.1 Å². The standard InChI is InChI=1S/C10H13N5/c1-2-9-13-10(15-14-9)7-3-4-12-8(5-7)6-11/h3-5H,2,6,11H2,1H3,(H,13,14,15). The molecule has 0 fully saturated rings. The van der Waals surface area contributed by atoms with Crippen LogP contribution in [-0.2, 0) is 13.0 Å². The van der Waals surface area contributed by atoms with Crippen molar-refractivity contribution in [3.05, 3.63) is 29.8 Å². The number of aromatic nitrogens is 4. The van der Waals surface area contributed by atoms with Crippen LogP contribution >= 0.6 is 0 Å². The fourth-order valence-corrected chi connectivity index (χ4v) is 1.31. The lowest BCUT2D eigenvalue weighted by Crippen LogP contribution is -1.99. The minimum absolute atomic E-state index is 0.429. The normalized spacial score (nSPS) is 10.5. The van der Waals surface area contributed by atoms with Crippen molar-refractivity contribution >= 4 is 0 Å². The van der Waals surface area contributed by atoms with Gasteiger partial charge >= 0.3 is 0 Å². The van der Waals surface area contributed by atoms with Crippen LogP contribution in [0.4, 0.5) is 0 Å². The van der Waals surface area contributed by atoms with Crippen LogP contribution in [0.3, 0.4) is 0 Å². The third-order valence-electron chi connectivity index (χ3n) is 2.15. The summed E-state index contributed by atoms with van der Waals surface area (Å²) in [5.74, 6) is 1.58. The van der Waals surface area contributed by atoms with E-state index in [4.69, 9.17) is 5.73 Å². The van der Waals surface area contributed by atoms with E-state index in [0.29, 0.717) is 12.4 Å². The van der Waals surface area contributed by atoms with Crippen LogP contribution in [-0.4, -0.2) is 20.2 Å². The Hall–Kier alpha value is -1.75. The van der Waals surface area contributed by atoms with Crippen LogP contribution in [0.25, 0.3) is 11.4 Å². The zero-order chi connectivity index (χ0) is 10.7. The molecule has 0 aliphatic carbocycles. The molecule has 0 aromatic carbocycles. The van der Waals surface area contributed by atoms with E-state index >= 15 is 0 Å². The average molecular weight is 203 g/mol. The number of H-pyrrole nitrogens is 1. The summed E-state index contributed by atoms with van der Waals surface area (Å²) in [4.78, 5) is 8.46. The van der Waals surface area contributed by atoms with Gasteiger partial charge in [0.05, 0.1) is 5.69 Å². The van der Waals surface area contributed by atoms with Crippen LogP contribution in [0.15, 0.2) is 18.3 Å². The van der Waals surface area contributed by atoms with E-state index in [9.17, 15) is 0 Å². The maximum absolute atomic E-state index is 5.52. The first kappa shape index (κ1) is 9.79. The van der Waals surface area contributed by atoms with Crippen molar-refractivity contribution in [1.29, 1.82) is 0 Å². The number of pyridine rings is 1. The molecular weight excluding hydrogens is 190 g/mol. The maximum Gasteiger partial charge on any atom is 0.181 e. The number of hydrogen-bond donors (Lipinski definition) is 2. The molecule has 0 aliphatic heterocycles. The van der Waals surface area contributed by atoms with Crippen molar-refractivity contribution < 1.29 is 0 Å². The lowest BCUT2D eigenvalue weighted by Gasteiger charge is -1.97. The van der Waals surface area contributed by atoms with E-state index in [2.05, 4.69) is 20.2 Å². The molecule has 2 heterocycles. The smallest absolute Gasteiger partial charge is 0.181 e. The SMILES string of the molecule is CCc1nc(-c2ccnc(CN)c2)n[nH]1. The number of aryl methyl sites for hydroxylation is 1. The summed E-state index contributed by atoms with van der Waals surface area (Å²) in [7, 11) is 0. The summed E-state index contributed by atoms with van der Waals surface area (Å²) in [5.41, 5.74) is 7.31. The molecule has 0 atom stereocenters. The molecule has 5 nitrogen and oxygen atoms in total. The highest BCUT2D eigenvalue weighted by atomic mass is 15.2.